The maximum absolute atomic E-state index is 13.0. The van der Waals surface area contributed by atoms with Crippen molar-refractivity contribution in [2.75, 3.05) is 6.61 Å². The van der Waals surface area contributed by atoms with E-state index >= 15 is 0 Å². The van der Waals surface area contributed by atoms with Crippen LogP contribution in [0.5, 0.6) is 5.75 Å². The number of ether oxygens (including phenoxy) is 1. The molecule has 0 bridgehead atoms. The molecule has 2 aromatic carbocycles. The first kappa shape index (κ1) is 13.1. The highest BCUT2D eigenvalue weighted by Crippen LogP contribution is 2.39. The van der Waals surface area contributed by atoms with Crippen molar-refractivity contribution < 1.29 is 9.13 Å². The van der Waals surface area contributed by atoms with Gasteiger partial charge in [0, 0.05) is 11.0 Å². The van der Waals surface area contributed by atoms with Crippen LogP contribution in [0, 0.1) is 5.82 Å². The van der Waals surface area contributed by atoms with Crippen LogP contribution >= 0.6 is 0 Å². The summed E-state index contributed by atoms with van der Waals surface area (Å²) in [5.41, 5.74) is 9.41. The lowest BCUT2D eigenvalue weighted by atomic mass is 9.85. The van der Waals surface area contributed by atoms with Gasteiger partial charge in [0.25, 0.3) is 0 Å². The monoisotopic (exact) mass is 271 g/mol. The number of hydrogen-bond donors (Lipinski definition) is 1. The van der Waals surface area contributed by atoms with E-state index in [1.807, 2.05) is 12.1 Å². The number of fused-ring (bicyclic) bond motifs is 1. The van der Waals surface area contributed by atoms with Gasteiger partial charge < -0.3 is 10.5 Å². The molecule has 20 heavy (non-hydrogen) atoms. The van der Waals surface area contributed by atoms with Crippen molar-refractivity contribution in [2.45, 2.75) is 25.3 Å². The summed E-state index contributed by atoms with van der Waals surface area (Å²) in [6.07, 6.45) is 0. The van der Waals surface area contributed by atoms with Crippen LogP contribution in [-0.4, -0.2) is 6.61 Å². The molecule has 1 aliphatic heterocycles. The van der Waals surface area contributed by atoms with Gasteiger partial charge in [-0.1, -0.05) is 32.0 Å². The van der Waals surface area contributed by atoms with Crippen molar-refractivity contribution in [3.05, 3.63) is 65.0 Å². The highest BCUT2D eigenvalue weighted by atomic mass is 19.1. The zero-order chi connectivity index (χ0) is 14.3. The minimum atomic E-state index is -0.253. The Morgan fingerprint density at radius 1 is 1.10 bits per heavy atom. The number of benzene rings is 2. The van der Waals surface area contributed by atoms with Crippen LogP contribution in [0.3, 0.4) is 0 Å². The molecule has 2 N–H and O–H groups in total. The minimum absolute atomic E-state index is 0.00780. The Morgan fingerprint density at radius 2 is 1.75 bits per heavy atom. The van der Waals surface area contributed by atoms with Crippen molar-refractivity contribution in [2.24, 2.45) is 5.73 Å². The van der Waals surface area contributed by atoms with Crippen molar-refractivity contribution in [1.29, 1.82) is 0 Å². The molecule has 3 rings (SSSR count). The highest BCUT2D eigenvalue weighted by Gasteiger charge is 2.32. The van der Waals surface area contributed by atoms with Crippen LogP contribution in [0.25, 0.3) is 0 Å². The molecule has 0 amide bonds. The van der Waals surface area contributed by atoms with Gasteiger partial charge in [-0.3, -0.25) is 0 Å². The Balaban J connectivity index is 1.97. The smallest absolute Gasteiger partial charge is 0.123 e. The Kier molecular flexibility index (Phi) is 3.02. The van der Waals surface area contributed by atoms with E-state index in [4.69, 9.17) is 10.5 Å². The van der Waals surface area contributed by atoms with Gasteiger partial charge in [-0.05, 0) is 35.4 Å². The van der Waals surface area contributed by atoms with Gasteiger partial charge in [-0.15, -0.1) is 0 Å². The third-order valence-corrected chi connectivity index (χ3v) is 3.91. The van der Waals surface area contributed by atoms with Crippen LogP contribution in [0.2, 0.25) is 0 Å². The lowest BCUT2D eigenvalue weighted by Gasteiger charge is -2.18. The summed E-state index contributed by atoms with van der Waals surface area (Å²) in [4.78, 5) is 0. The molecule has 1 heterocycles. The molecular formula is C17H18FNO. The summed E-state index contributed by atoms with van der Waals surface area (Å²) in [6, 6.07) is 12.2. The van der Waals surface area contributed by atoms with Gasteiger partial charge in [0.05, 0.1) is 12.6 Å². The van der Waals surface area contributed by atoms with Crippen molar-refractivity contribution in [3.63, 3.8) is 0 Å². The molecule has 0 saturated carbocycles. The molecule has 0 spiro atoms. The van der Waals surface area contributed by atoms with E-state index < -0.39 is 0 Å². The molecular weight excluding hydrogens is 253 g/mol. The van der Waals surface area contributed by atoms with E-state index in [1.165, 1.54) is 17.7 Å². The normalized spacial score (nSPS) is 17.4. The van der Waals surface area contributed by atoms with Crippen LogP contribution in [-0.2, 0) is 5.41 Å². The average molecular weight is 271 g/mol. The van der Waals surface area contributed by atoms with Gasteiger partial charge in [0.15, 0.2) is 0 Å². The predicted octanol–water partition coefficient (Wildman–Crippen LogP) is 3.54. The fourth-order valence-electron chi connectivity index (χ4n) is 2.59. The molecule has 104 valence electrons. The van der Waals surface area contributed by atoms with Crippen LogP contribution in [0.1, 0.15) is 36.6 Å². The topological polar surface area (TPSA) is 35.2 Å². The lowest BCUT2D eigenvalue weighted by Crippen LogP contribution is -2.19. The molecule has 0 radical (unpaired) electrons. The maximum Gasteiger partial charge on any atom is 0.123 e. The van der Waals surface area contributed by atoms with E-state index in [0.29, 0.717) is 6.61 Å². The van der Waals surface area contributed by atoms with Gasteiger partial charge >= 0.3 is 0 Å². The fraction of sp³-hybridized carbons (Fsp3) is 0.294. The van der Waals surface area contributed by atoms with Crippen molar-refractivity contribution >= 4 is 0 Å². The molecule has 0 aliphatic carbocycles. The molecule has 0 fully saturated rings. The van der Waals surface area contributed by atoms with E-state index in [0.717, 1.165) is 16.9 Å². The van der Waals surface area contributed by atoms with E-state index in [-0.39, 0.29) is 17.3 Å². The second-order valence-electron chi connectivity index (χ2n) is 5.96. The number of rotatable bonds is 2. The maximum atomic E-state index is 13.0. The molecule has 2 nitrogen and oxygen atoms in total. The largest absolute Gasteiger partial charge is 0.492 e. The summed E-state index contributed by atoms with van der Waals surface area (Å²) < 4.78 is 18.7. The highest BCUT2D eigenvalue weighted by molar-refractivity contribution is 5.47. The molecule has 1 atom stereocenters. The Morgan fingerprint density at radius 3 is 2.45 bits per heavy atom. The molecule has 1 aliphatic rings. The standard InChI is InChI=1S/C17H18FNO/c1-17(2)10-20-15-8-5-12(9-14(15)17)16(19)11-3-6-13(18)7-4-11/h3-9,16H,10,19H2,1-2H3. The average Bonchev–Trinajstić information content (AvgIpc) is 2.74. The zero-order valence-corrected chi connectivity index (χ0v) is 11.7. The third kappa shape index (κ3) is 2.18. The summed E-state index contributed by atoms with van der Waals surface area (Å²) in [6.45, 7) is 5.01. The zero-order valence-electron chi connectivity index (χ0n) is 11.7. The molecule has 0 saturated heterocycles. The molecule has 0 aromatic heterocycles. The summed E-state index contributed by atoms with van der Waals surface area (Å²) in [7, 11) is 0. The SMILES string of the molecule is CC1(C)COc2ccc(C(N)c3ccc(F)cc3)cc21. The van der Waals surface area contributed by atoms with Gasteiger partial charge in [0.2, 0.25) is 0 Å². The molecule has 1 unspecified atom stereocenters. The predicted molar refractivity (Wildman–Crippen MR) is 77.4 cm³/mol. The summed E-state index contributed by atoms with van der Waals surface area (Å²) in [5, 5.41) is 0. The fourth-order valence-corrected chi connectivity index (χ4v) is 2.59. The second-order valence-corrected chi connectivity index (χ2v) is 5.96. The van der Waals surface area contributed by atoms with E-state index in [1.54, 1.807) is 12.1 Å². The van der Waals surface area contributed by atoms with Gasteiger partial charge in [0.1, 0.15) is 11.6 Å². The summed E-state index contributed by atoms with van der Waals surface area (Å²) >= 11 is 0. The third-order valence-electron chi connectivity index (χ3n) is 3.91. The van der Waals surface area contributed by atoms with Crippen molar-refractivity contribution in [1.82, 2.24) is 0 Å². The van der Waals surface area contributed by atoms with Crippen molar-refractivity contribution in [3.8, 4) is 5.75 Å². The second kappa shape index (κ2) is 4.60. The first-order chi connectivity index (χ1) is 9.47. The first-order valence-electron chi connectivity index (χ1n) is 6.76. The Bertz CT molecular complexity index is 634. The lowest BCUT2D eigenvalue weighted by molar-refractivity contribution is 0.291. The minimum Gasteiger partial charge on any atom is -0.492 e. The molecule has 2 aromatic rings. The number of nitrogens with two attached hydrogens (primary N) is 1. The van der Waals surface area contributed by atoms with Gasteiger partial charge in [-0.2, -0.15) is 0 Å². The van der Waals surface area contributed by atoms with Crippen LogP contribution in [0.15, 0.2) is 42.5 Å². The van der Waals surface area contributed by atoms with Gasteiger partial charge in [-0.25, -0.2) is 4.39 Å². The number of hydrogen-bond acceptors (Lipinski definition) is 2. The van der Waals surface area contributed by atoms with Crippen LogP contribution < -0.4 is 10.5 Å². The van der Waals surface area contributed by atoms with E-state index in [2.05, 4.69) is 19.9 Å². The summed E-state index contributed by atoms with van der Waals surface area (Å²) in [5.74, 6) is 0.689. The Hall–Kier alpha value is -1.87. The quantitative estimate of drug-likeness (QED) is 0.906. The van der Waals surface area contributed by atoms with Crippen LogP contribution in [0.4, 0.5) is 4.39 Å². The number of halogens is 1. The molecule has 3 heteroatoms. The first-order valence-corrected chi connectivity index (χ1v) is 6.76. The Labute approximate surface area is 118 Å². The van der Waals surface area contributed by atoms with E-state index in [9.17, 15) is 4.39 Å².